The number of amides is 1. The highest BCUT2D eigenvalue weighted by Gasteiger charge is 2.11. The van der Waals surface area contributed by atoms with Crippen LogP contribution in [0.4, 0.5) is 16.5 Å². The maximum Gasteiger partial charge on any atom is 0.355 e. The maximum atomic E-state index is 12.4. The van der Waals surface area contributed by atoms with E-state index in [1.54, 1.807) is 12.1 Å². The second-order valence-corrected chi connectivity index (χ2v) is 7.57. The molecule has 1 heterocycles. The van der Waals surface area contributed by atoms with E-state index in [-0.39, 0.29) is 11.6 Å². The van der Waals surface area contributed by atoms with Crippen LogP contribution in [0.3, 0.4) is 0 Å². The average molecular weight is 479 g/mol. The lowest BCUT2D eigenvalue weighted by atomic mass is 10.1. The average Bonchev–Trinajstić information content (AvgIpc) is 3.07. The summed E-state index contributed by atoms with van der Waals surface area (Å²) in [7, 11) is 0. The zero-order valence-corrected chi connectivity index (χ0v) is 16.6. The molecule has 132 valence electrons. The van der Waals surface area contributed by atoms with E-state index in [1.165, 1.54) is 16.7 Å². The van der Waals surface area contributed by atoms with Gasteiger partial charge in [-0.3, -0.25) is 4.79 Å². The Balaban J connectivity index is 1.78. The van der Waals surface area contributed by atoms with Gasteiger partial charge < -0.3 is 15.7 Å². The molecule has 3 aromatic rings. The second-order valence-electron chi connectivity index (χ2n) is 5.46. The Labute approximate surface area is 167 Å². The first-order valence-corrected chi connectivity index (χ1v) is 9.51. The Morgan fingerprint density at radius 2 is 2.00 bits per heavy atom. The van der Waals surface area contributed by atoms with Crippen LogP contribution in [0.25, 0.3) is 0 Å². The van der Waals surface area contributed by atoms with Crippen molar-refractivity contribution in [3.63, 3.8) is 0 Å². The third-order valence-electron chi connectivity index (χ3n) is 3.55. The number of carbonyl (C=O) groups is 2. The van der Waals surface area contributed by atoms with Gasteiger partial charge in [0.2, 0.25) is 0 Å². The van der Waals surface area contributed by atoms with Crippen molar-refractivity contribution in [3.8, 4) is 0 Å². The number of nitrogens with zero attached hydrogens (tertiary/aromatic N) is 1. The van der Waals surface area contributed by atoms with Crippen molar-refractivity contribution in [1.82, 2.24) is 4.98 Å². The quantitative estimate of drug-likeness (QED) is 0.460. The highest BCUT2D eigenvalue weighted by Crippen LogP contribution is 2.26. The molecule has 0 spiro atoms. The molecular formula is C18H14IN3O3S. The van der Waals surface area contributed by atoms with Gasteiger partial charge in [-0.15, -0.1) is 11.3 Å². The van der Waals surface area contributed by atoms with Gasteiger partial charge in [0.05, 0.1) is 0 Å². The van der Waals surface area contributed by atoms with Crippen LogP contribution >= 0.6 is 33.9 Å². The van der Waals surface area contributed by atoms with Crippen LogP contribution in [0.1, 0.15) is 26.4 Å². The summed E-state index contributed by atoms with van der Waals surface area (Å²) in [6, 6.07) is 12.8. The number of anilines is 3. The van der Waals surface area contributed by atoms with Crippen molar-refractivity contribution in [2.75, 3.05) is 10.6 Å². The van der Waals surface area contributed by atoms with Gasteiger partial charge in [0.1, 0.15) is 0 Å². The molecule has 3 rings (SSSR count). The molecule has 0 fully saturated rings. The lowest BCUT2D eigenvalue weighted by molar-refractivity contribution is 0.0691. The fourth-order valence-electron chi connectivity index (χ4n) is 2.21. The molecule has 8 heteroatoms. The van der Waals surface area contributed by atoms with E-state index in [1.807, 2.05) is 37.3 Å². The predicted molar refractivity (Wildman–Crippen MR) is 111 cm³/mol. The Bertz CT molecular complexity index is 987. The zero-order valence-electron chi connectivity index (χ0n) is 13.6. The highest BCUT2D eigenvalue weighted by atomic mass is 127. The number of thiazole rings is 1. The number of halogens is 1. The van der Waals surface area contributed by atoms with Crippen molar-refractivity contribution in [2.24, 2.45) is 0 Å². The van der Waals surface area contributed by atoms with Gasteiger partial charge >= 0.3 is 5.97 Å². The van der Waals surface area contributed by atoms with Gasteiger partial charge in [-0.05, 0) is 65.4 Å². The molecule has 26 heavy (non-hydrogen) atoms. The van der Waals surface area contributed by atoms with Crippen molar-refractivity contribution in [2.45, 2.75) is 6.92 Å². The maximum absolute atomic E-state index is 12.4. The molecule has 0 bridgehead atoms. The molecule has 0 unspecified atom stereocenters. The number of hydrogen-bond acceptors (Lipinski definition) is 5. The van der Waals surface area contributed by atoms with Gasteiger partial charge in [-0.25, -0.2) is 9.78 Å². The topological polar surface area (TPSA) is 91.3 Å². The summed E-state index contributed by atoms with van der Waals surface area (Å²) in [5.74, 6) is -1.26. The third kappa shape index (κ3) is 4.38. The van der Waals surface area contributed by atoms with E-state index < -0.39 is 5.97 Å². The van der Waals surface area contributed by atoms with Crippen LogP contribution in [-0.4, -0.2) is 22.0 Å². The SMILES string of the molecule is Cc1ccc(NC(=O)c2cccc(I)c2)cc1Nc1nc(C(=O)O)cs1. The van der Waals surface area contributed by atoms with Gasteiger partial charge in [-0.2, -0.15) is 0 Å². The largest absolute Gasteiger partial charge is 0.476 e. The van der Waals surface area contributed by atoms with E-state index in [2.05, 4.69) is 38.2 Å². The summed E-state index contributed by atoms with van der Waals surface area (Å²) in [6.07, 6.45) is 0. The molecule has 0 saturated carbocycles. The number of carboxylic acid groups (broad SMARTS) is 1. The Morgan fingerprint density at radius 3 is 2.69 bits per heavy atom. The number of benzene rings is 2. The van der Waals surface area contributed by atoms with Gasteiger partial charge in [0.25, 0.3) is 5.91 Å². The number of aryl methyl sites for hydroxylation is 1. The number of carboxylic acids is 1. The molecule has 0 aliphatic carbocycles. The van der Waals surface area contributed by atoms with E-state index in [0.717, 1.165) is 14.8 Å². The monoisotopic (exact) mass is 479 g/mol. The van der Waals surface area contributed by atoms with E-state index in [0.29, 0.717) is 16.4 Å². The minimum atomic E-state index is -1.07. The fraction of sp³-hybridized carbons (Fsp3) is 0.0556. The fourth-order valence-corrected chi connectivity index (χ4v) is 3.45. The molecule has 3 N–H and O–H groups in total. The number of nitrogens with one attached hydrogen (secondary N) is 2. The summed E-state index contributed by atoms with van der Waals surface area (Å²) < 4.78 is 0.986. The summed E-state index contributed by atoms with van der Waals surface area (Å²) in [4.78, 5) is 27.3. The first-order chi connectivity index (χ1) is 12.4. The van der Waals surface area contributed by atoms with E-state index in [9.17, 15) is 9.59 Å². The molecule has 0 aliphatic rings. The molecule has 0 atom stereocenters. The molecule has 0 saturated heterocycles. The van der Waals surface area contributed by atoms with Crippen LogP contribution in [-0.2, 0) is 0 Å². The van der Waals surface area contributed by atoms with E-state index in [4.69, 9.17) is 5.11 Å². The van der Waals surface area contributed by atoms with E-state index >= 15 is 0 Å². The zero-order chi connectivity index (χ0) is 18.7. The van der Waals surface area contributed by atoms with Gasteiger partial charge in [0.15, 0.2) is 10.8 Å². The standard InChI is InChI=1S/C18H14IN3O3S/c1-10-5-6-13(20-16(23)11-3-2-4-12(19)7-11)8-14(10)21-18-22-15(9-26-18)17(24)25/h2-9H,1H3,(H,20,23)(H,21,22)(H,24,25). The third-order valence-corrected chi connectivity index (χ3v) is 4.98. The van der Waals surface area contributed by atoms with Crippen LogP contribution < -0.4 is 10.6 Å². The van der Waals surface area contributed by atoms with Crippen molar-refractivity contribution < 1.29 is 14.7 Å². The van der Waals surface area contributed by atoms with Crippen LogP contribution in [0.5, 0.6) is 0 Å². The number of aromatic carboxylic acids is 1. The molecule has 1 amide bonds. The number of hydrogen-bond donors (Lipinski definition) is 3. The van der Waals surface area contributed by atoms with Crippen molar-refractivity contribution >= 4 is 62.3 Å². The first-order valence-electron chi connectivity index (χ1n) is 7.56. The van der Waals surface area contributed by atoms with Crippen molar-refractivity contribution in [3.05, 3.63) is 68.2 Å². The predicted octanol–water partition coefficient (Wildman–Crippen LogP) is 4.75. The number of aromatic nitrogens is 1. The summed E-state index contributed by atoms with van der Waals surface area (Å²) in [5, 5.41) is 16.9. The molecule has 0 aliphatic heterocycles. The summed E-state index contributed by atoms with van der Waals surface area (Å²) in [5.41, 5.74) is 2.91. The minimum absolute atomic E-state index is 0.00158. The Hall–Kier alpha value is -2.46. The molecule has 2 aromatic carbocycles. The first kappa shape index (κ1) is 18.3. The minimum Gasteiger partial charge on any atom is -0.476 e. The number of carbonyl (C=O) groups excluding carboxylic acids is 1. The van der Waals surface area contributed by atoms with Crippen LogP contribution in [0.2, 0.25) is 0 Å². The number of rotatable bonds is 5. The summed E-state index contributed by atoms with van der Waals surface area (Å²) in [6.45, 7) is 1.92. The van der Waals surface area contributed by atoms with Crippen molar-refractivity contribution in [1.29, 1.82) is 0 Å². The molecular weight excluding hydrogens is 465 g/mol. The Kier molecular flexibility index (Phi) is 5.52. The smallest absolute Gasteiger partial charge is 0.355 e. The van der Waals surface area contributed by atoms with Gasteiger partial charge in [0, 0.05) is 25.9 Å². The van der Waals surface area contributed by atoms with Crippen LogP contribution in [0.15, 0.2) is 47.8 Å². The Morgan fingerprint density at radius 1 is 1.19 bits per heavy atom. The van der Waals surface area contributed by atoms with Gasteiger partial charge in [-0.1, -0.05) is 12.1 Å². The normalized spacial score (nSPS) is 10.4. The lowest BCUT2D eigenvalue weighted by Gasteiger charge is -2.11. The molecule has 6 nitrogen and oxygen atoms in total. The van der Waals surface area contributed by atoms with Crippen LogP contribution in [0, 0.1) is 10.5 Å². The summed E-state index contributed by atoms with van der Waals surface area (Å²) >= 11 is 3.37. The lowest BCUT2D eigenvalue weighted by Crippen LogP contribution is -2.12. The second kappa shape index (κ2) is 7.83. The molecule has 1 aromatic heterocycles. The molecule has 0 radical (unpaired) electrons. The highest BCUT2D eigenvalue weighted by molar-refractivity contribution is 14.1.